The molecule has 1 aromatic rings. The van der Waals surface area contributed by atoms with Crippen LogP contribution in [0.2, 0.25) is 0 Å². The first-order valence-electron chi connectivity index (χ1n) is 4.51. The zero-order valence-corrected chi connectivity index (χ0v) is 7.69. The van der Waals surface area contributed by atoms with Gasteiger partial charge in [0.15, 0.2) is 0 Å². The number of nitrogens with zero attached hydrogens (tertiary/aromatic N) is 3. The van der Waals surface area contributed by atoms with E-state index >= 15 is 0 Å². The highest BCUT2D eigenvalue weighted by Crippen LogP contribution is 2.28. The van der Waals surface area contributed by atoms with Crippen molar-refractivity contribution >= 4 is 0 Å². The smallest absolute Gasteiger partial charge is 0.110 e. The van der Waals surface area contributed by atoms with Crippen molar-refractivity contribution in [3.8, 4) is 0 Å². The summed E-state index contributed by atoms with van der Waals surface area (Å²) < 4.78 is 1.64. The fourth-order valence-corrected chi connectivity index (χ4v) is 1.81. The second-order valence-electron chi connectivity index (χ2n) is 3.52. The minimum Gasteiger partial charge on any atom is -0.383 e. The Bertz CT molecular complexity index is 290. The highest BCUT2D eigenvalue weighted by molar-refractivity contribution is 5.09. The van der Waals surface area contributed by atoms with Gasteiger partial charge in [-0.05, 0) is 25.9 Å². The first-order chi connectivity index (χ1) is 6.22. The minimum absolute atomic E-state index is 0.730. The highest BCUT2D eigenvalue weighted by Gasteiger charge is 2.33. The number of hydrogen-bond donors (Lipinski definition) is 2. The Labute approximate surface area is 76.8 Å². The van der Waals surface area contributed by atoms with Crippen molar-refractivity contribution in [3.63, 3.8) is 0 Å². The lowest BCUT2D eigenvalue weighted by molar-refractivity contribution is -0.00150. The molecular formula is C8H14N4O. The predicted octanol–water partition coefficient (Wildman–Crippen LogP) is -0.614. The largest absolute Gasteiger partial charge is 0.383 e. The van der Waals surface area contributed by atoms with E-state index in [1.54, 1.807) is 10.9 Å². The Kier molecular flexibility index (Phi) is 2.05. The minimum atomic E-state index is -0.733. The summed E-state index contributed by atoms with van der Waals surface area (Å²) in [5.41, 5.74) is 0.0813. The first-order valence-corrected chi connectivity index (χ1v) is 4.51. The number of rotatable bonds is 1. The van der Waals surface area contributed by atoms with Crippen LogP contribution in [-0.4, -0.2) is 33.2 Å². The maximum Gasteiger partial charge on any atom is 0.110 e. The maximum absolute atomic E-state index is 10.3. The molecule has 13 heavy (non-hydrogen) atoms. The van der Waals surface area contributed by atoms with E-state index in [4.69, 9.17) is 0 Å². The Balaban J connectivity index is 2.27. The van der Waals surface area contributed by atoms with Gasteiger partial charge < -0.3 is 10.4 Å². The van der Waals surface area contributed by atoms with Crippen molar-refractivity contribution in [2.75, 3.05) is 13.1 Å². The third-order valence-corrected chi connectivity index (χ3v) is 2.62. The van der Waals surface area contributed by atoms with E-state index in [-0.39, 0.29) is 0 Å². The summed E-state index contributed by atoms with van der Waals surface area (Å²) in [6, 6.07) is 0. The van der Waals surface area contributed by atoms with Crippen LogP contribution in [-0.2, 0) is 12.6 Å². The van der Waals surface area contributed by atoms with Gasteiger partial charge in [0.2, 0.25) is 0 Å². The van der Waals surface area contributed by atoms with Crippen molar-refractivity contribution in [1.82, 2.24) is 20.3 Å². The van der Waals surface area contributed by atoms with Crippen molar-refractivity contribution in [2.24, 2.45) is 7.05 Å². The Morgan fingerprint density at radius 2 is 2.23 bits per heavy atom. The van der Waals surface area contributed by atoms with E-state index in [0.29, 0.717) is 0 Å². The van der Waals surface area contributed by atoms with Crippen molar-refractivity contribution in [2.45, 2.75) is 18.4 Å². The molecular weight excluding hydrogens is 168 g/mol. The lowest BCUT2D eigenvalue weighted by Gasteiger charge is -2.31. The molecule has 2 heterocycles. The van der Waals surface area contributed by atoms with Crippen LogP contribution < -0.4 is 5.32 Å². The topological polar surface area (TPSA) is 63.0 Å². The zero-order chi connectivity index (χ0) is 9.31. The molecule has 0 aromatic carbocycles. The SMILES string of the molecule is Cn1nncc1C1(O)CCNCC1. The van der Waals surface area contributed by atoms with Crippen molar-refractivity contribution in [1.29, 1.82) is 0 Å². The van der Waals surface area contributed by atoms with Crippen LogP contribution >= 0.6 is 0 Å². The normalized spacial score (nSPS) is 21.7. The van der Waals surface area contributed by atoms with Crippen LogP contribution in [0.15, 0.2) is 6.20 Å². The monoisotopic (exact) mass is 182 g/mol. The second kappa shape index (κ2) is 3.08. The van der Waals surface area contributed by atoms with E-state index in [2.05, 4.69) is 15.6 Å². The summed E-state index contributed by atoms with van der Waals surface area (Å²) in [4.78, 5) is 0. The van der Waals surface area contributed by atoms with Crippen LogP contribution in [0.3, 0.4) is 0 Å². The number of aromatic nitrogens is 3. The van der Waals surface area contributed by atoms with Crippen molar-refractivity contribution in [3.05, 3.63) is 11.9 Å². The Morgan fingerprint density at radius 1 is 1.54 bits per heavy atom. The molecule has 5 nitrogen and oxygen atoms in total. The Hall–Kier alpha value is -0.940. The number of aliphatic hydroxyl groups is 1. The molecule has 1 aromatic heterocycles. The third-order valence-electron chi connectivity index (χ3n) is 2.62. The molecule has 0 amide bonds. The summed E-state index contributed by atoms with van der Waals surface area (Å²) in [5.74, 6) is 0. The van der Waals surface area contributed by atoms with Crippen LogP contribution in [0.5, 0.6) is 0 Å². The van der Waals surface area contributed by atoms with Gasteiger partial charge in [-0.25, -0.2) is 4.68 Å². The van der Waals surface area contributed by atoms with Crippen LogP contribution in [0, 0.1) is 0 Å². The molecule has 0 bridgehead atoms. The predicted molar refractivity (Wildman–Crippen MR) is 47.0 cm³/mol. The molecule has 0 aliphatic carbocycles. The highest BCUT2D eigenvalue weighted by atomic mass is 16.3. The summed E-state index contributed by atoms with van der Waals surface area (Å²) >= 11 is 0. The van der Waals surface area contributed by atoms with Gasteiger partial charge in [0.05, 0.1) is 11.9 Å². The Morgan fingerprint density at radius 3 is 2.77 bits per heavy atom. The molecule has 5 heteroatoms. The van der Waals surface area contributed by atoms with Crippen LogP contribution in [0.25, 0.3) is 0 Å². The number of piperidine rings is 1. The maximum atomic E-state index is 10.3. The average molecular weight is 182 g/mol. The van der Waals surface area contributed by atoms with Gasteiger partial charge in [-0.3, -0.25) is 0 Å². The molecule has 2 rings (SSSR count). The van der Waals surface area contributed by atoms with Gasteiger partial charge in [0.25, 0.3) is 0 Å². The molecule has 1 saturated heterocycles. The molecule has 0 atom stereocenters. The molecule has 1 aliphatic heterocycles. The van der Waals surface area contributed by atoms with Gasteiger partial charge in [-0.2, -0.15) is 0 Å². The molecule has 0 spiro atoms. The molecule has 0 unspecified atom stereocenters. The van der Waals surface area contributed by atoms with Gasteiger partial charge in [-0.1, -0.05) is 5.21 Å². The standard InChI is InChI=1S/C8H14N4O/c1-12-7(6-10-11-12)8(13)2-4-9-5-3-8/h6,9,13H,2-5H2,1H3. The zero-order valence-electron chi connectivity index (χ0n) is 7.69. The molecule has 72 valence electrons. The van der Waals surface area contributed by atoms with Gasteiger partial charge in [0, 0.05) is 7.05 Å². The third kappa shape index (κ3) is 1.45. The lowest BCUT2D eigenvalue weighted by Crippen LogP contribution is -2.40. The van der Waals surface area contributed by atoms with Gasteiger partial charge in [0.1, 0.15) is 5.60 Å². The first kappa shape index (κ1) is 8.65. The van der Waals surface area contributed by atoms with Gasteiger partial charge >= 0.3 is 0 Å². The molecule has 2 N–H and O–H groups in total. The van der Waals surface area contributed by atoms with E-state index in [0.717, 1.165) is 31.6 Å². The second-order valence-corrected chi connectivity index (χ2v) is 3.52. The molecule has 1 aliphatic rings. The number of nitrogens with one attached hydrogen (secondary N) is 1. The van der Waals surface area contributed by atoms with Gasteiger partial charge in [-0.15, -0.1) is 5.10 Å². The van der Waals surface area contributed by atoms with E-state index in [1.807, 2.05) is 7.05 Å². The summed E-state index contributed by atoms with van der Waals surface area (Å²) in [7, 11) is 1.81. The van der Waals surface area contributed by atoms with Crippen molar-refractivity contribution < 1.29 is 5.11 Å². The lowest BCUT2D eigenvalue weighted by atomic mass is 9.89. The molecule has 0 radical (unpaired) electrons. The summed E-state index contributed by atoms with van der Waals surface area (Å²) in [5, 5.41) is 21.1. The van der Waals surface area contributed by atoms with Crippen LogP contribution in [0.1, 0.15) is 18.5 Å². The fraction of sp³-hybridized carbons (Fsp3) is 0.750. The van der Waals surface area contributed by atoms with E-state index in [9.17, 15) is 5.11 Å². The number of aryl methyl sites for hydroxylation is 1. The quantitative estimate of drug-likeness (QED) is 0.608. The van der Waals surface area contributed by atoms with Crippen LogP contribution in [0.4, 0.5) is 0 Å². The van der Waals surface area contributed by atoms with E-state index < -0.39 is 5.60 Å². The molecule has 0 saturated carbocycles. The molecule has 1 fully saturated rings. The fourth-order valence-electron chi connectivity index (χ4n) is 1.81. The summed E-state index contributed by atoms with van der Waals surface area (Å²) in [6.45, 7) is 1.70. The average Bonchev–Trinajstić information content (AvgIpc) is 2.53. The summed E-state index contributed by atoms with van der Waals surface area (Å²) in [6.07, 6.45) is 3.10. The van der Waals surface area contributed by atoms with E-state index in [1.165, 1.54) is 0 Å². The number of hydrogen-bond acceptors (Lipinski definition) is 4.